The Morgan fingerprint density at radius 3 is 2.72 bits per heavy atom. The fourth-order valence-corrected chi connectivity index (χ4v) is 4.04. The fraction of sp³-hybridized carbons (Fsp3) is 0.929. The van der Waals surface area contributed by atoms with Crippen LogP contribution in [0.4, 0.5) is 0 Å². The highest BCUT2D eigenvalue weighted by Gasteiger charge is 2.33. The van der Waals surface area contributed by atoms with Gasteiger partial charge >= 0.3 is 0 Å². The Balaban J connectivity index is 1.96. The molecule has 2 N–H and O–H groups in total. The van der Waals surface area contributed by atoms with Crippen molar-refractivity contribution < 1.29 is 4.79 Å². The van der Waals surface area contributed by atoms with Gasteiger partial charge in [-0.05, 0) is 19.3 Å². The molecule has 2 atom stereocenters. The zero-order valence-electron chi connectivity index (χ0n) is 11.7. The number of hydrogen-bond acceptors (Lipinski definition) is 3. The lowest BCUT2D eigenvalue weighted by atomic mass is 9.84. The van der Waals surface area contributed by atoms with Gasteiger partial charge in [0.15, 0.2) is 0 Å². The van der Waals surface area contributed by atoms with Gasteiger partial charge in [0.25, 0.3) is 0 Å². The minimum Gasteiger partial charge on any atom is -0.342 e. The van der Waals surface area contributed by atoms with Gasteiger partial charge in [-0.1, -0.05) is 26.7 Å². The summed E-state index contributed by atoms with van der Waals surface area (Å²) in [4.78, 5) is 14.6. The lowest BCUT2D eigenvalue weighted by Crippen LogP contribution is -2.46. The predicted octanol–water partition coefficient (Wildman–Crippen LogP) is 2.25. The lowest BCUT2D eigenvalue weighted by molar-refractivity contribution is -0.136. The summed E-state index contributed by atoms with van der Waals surface area (Å²) in [5, 5.41) is 0. The Hall–Kier alpha value is -0.220. The number of rotatable bonds is 1. The Morgan fingerprint density at radius 1 is 1.28 bits per heavy atom. The third-order valence-electron chi connectivity index (χ3n) is 4.29. The zero-order chi connectivity index (χ0) is 13.2. The molecule has 4 heteroatoms. The summed E-state index contributed by atoms with van der Waals surface area (Å²) in [6.45, 7) is 6.36. The molecule has 0 bridgehead atoms. The minimum absolute atomic E-state index is 0.0879. The molecule has 2 fully saturated rings. The average Bonchev–Trinajstić information content (AvgIpc) is 2.50. The van der Waals surface area contributed by atoms with Crippen LogP contribution in [0, 0.1) is 5.92 Å². The highest BCUT2D eigenvalue weighted by molar-refractivity contribution is 8.00. The first-order valence-corrected chi connectivity index (χ1v) is 8.16. The van der Waals surface area contributed by atoms with Crippen LogP contribution in [0.3, 0.4) is 0 Å². The first kappa shape index (κ1) is 14.2. The molecule has 2 aliphatic rings. The summed E-state index contributed by atoms with van der Waals surface area (Å²) in [6.07, 6.45) is 5.45. The summed E-state index contributed by atoms with van der Waals surface area (Å²) < 4.78 is 0.309. The Bertz CT molecular complexity index is 306. The fourth-order valence-electron chi connectivity index (χ4n) is 2.94. The van der Waals surface area contributed by atoms with E-state index in [9.17, 15) is 4.79 Å². The van der Waals surface area contributed by atoms with Crippen molar-refractivity contribution in [1.29, 1.82) is 0 Å². The summed E-state index contributed by atoms with van der Waals surface area (Å²) in [5.41, 5.74) is 6.13. The van der Waals surface area contributed by atoms with Gasteiger partial charge in [-0.25, -0.2) is 0 Å². The van der Waals surface area contributed by atoms with Crippen LogP contribution in [-0.4, -0.2) is 40.4 Å². The van der Waals surface area contributed by atoms with Gasteiger partial charge < -0.3 is 10.6 Å². The highest BCUT2D eigenvalue weighted by atomic mass is 32.2. The quantitative estimate of drug-likeness (QED) is 0.795. The van der Waals surface area contributed by atoms with E-state index in [-0.39, 0.29) is 12.0 Å². The number of amides is 1. The van der Waals surface area contributed by atoms with Crippen LogP contribution in [0.15, 0.2) is 0 Å². The van der Waals surface area contributed by atoms with E-state index in [1.165, 1.54) is 6.42 Å². The van der Waals surface area contributed by atoms with Crippen molar-refractivity contribution >= 4 is 17.7 Å². The molecular formula is C14H26N2OS. The molecule has 104 valence electrons. The second kappa shape index (κ2) is 5.83. The zero-order valence-corrected chi connectivity index (χ0v) is 12.5. The van der Waals surface area contributed by atoms with Crippen LogP contribution >= 0.6 is 11.8 Å². The van der Waals surface area contributed by atoms with Crippen LogP contribution < -0.4 is 5.73 Å². The molecule has 3 nitrogen and oxygen atoms in total. The SMILES string of the molecule is CC1(C)CCN(C(=O)C2CCCCC2N)CCS1. The Kier molecular flexibility index (Phi) is 4.59. The molecular weight excluding hydrogens is 244 g/mol. The van der Waals surface area contributed by atoms with Crippen molar-refractivity contribution in [3.05, 3.63) is 0 Å². The van der Waals surface area contributed by atoms with E-state index >= 15 is 0 Å². The van der Waals surface area contributed by atoms with Crippen LogP contribution in [0.5, 0.6) is 0 Å². The Labute approximate surface area is 115 Å². The lowest BCUT2D eigenvalue weighted by Gasteiger charge is -2.32. The smallest absolute Gasteiger partial charge is 0.227 e. The van der Waals surface area contributed by atoms with Crippen LogP contribution in [0.2, 0.25) is 0 Å². The van der Waals surface area contributed by atoms with Gasteiger partial charge in [-0.15, -0.1) is 0 Å². The molecule has 1 saturated heterocycles. The van der Waals surface area contributed by atoms with Crippen molar-refractivity contribution in [1.82, 2.24) is 4.90 Å². The number of carbonyl (C=O) groups excluding carboxylic acids is 1. The normalized spacial score (nSPS) is 32.9. The van der Waals surface area contributed by atoms with Crippen molar-refractivity contribution in [3.8, 4) is 0 Å². The largest absolute Gasteiger partial charge is 0.342 e. The molecule has 1 aliphatic carbocycles. The van der Waals surface area contributed by atoms with Crippen molar-refractivity contribution in [2.75, 3.05) is 18.8 Å². The van der Waals surface area contributed by atoms with Crippen LogP contribution in [-0.2, 0) is 4.79 Å². The number of carbonyl (C=O) groups is 1. The van der Waals surface area contributed by atoms with Gasteiger partial charge in [-0.2, -0.15) is 11.8 Å². The van der Waals surface area contributed by atoms with E-state index in [0.29, 0.717) is 10.7 Å². The molecule has 1 heterocycles. The second-order valence-electron chi connectivity index (χ2n) is 6.24. The second-order valence-corrected chi connectivity index (χ2v) is 8.04. The summed E-state index contributed by atoms with van der Waals surface area (Å²) >= 11 is 1.98. The molecule has 0 aromatic heterocycles. The average molecular weight is 270 g/mol. The number of hydrogen-bond donors (Lipinski definition) is 1. The van der Waals surface area contributed by atoms with Gasteiger partial charge in [0.2, 0.25) is 5.91 Å². The molecule has 2 unspecified atom stereocenters. The van der Waals surface area contributed by atoms with E-state index in [2.05, 4.69) is 18.7 Å². The van der Waals surface area contributed by atoms with Crippen LogP contribution in [0.25, 0.3) is 0 Å². The van der Waals surface area contributed by atoms with Gasteiger partial charge in [0, 0.05) is 29.6 Å². The topological polar surface area (TPSA) is 46.3 Å². The van der Waals surface area contributed by atoms with Crippen molar-refractivity contribution in [3.63, 3.8) is 0 Å². The molecule has 2 rings (SSSR count). The van der Waals surface area contributed by atoms with Crippen molar-refractivity contribution in [2.45, 2.75) is 56.7 Å². The Morgan fingerprint density at radius 2 is 2.00 bits per heavy atom. The summed E-state index contributed by atoms with van der Waals surface area (Å²) in [7, 11) is 0. The van der Waals surface area contributed by atoms with Gasteiger partial charge in [0.1, 0.15) is 0 Å². The molecule has 0 radical (unpaired) electrons. The maximum Gasteiger partial charge on any atom is 0.227 e. The van der Waals surface area contributed by atoms with Gasteiger partial charge in [-0.3, -0.25) is 4.79 Å². The third kappa shape index (κ3) is 3.41. The first-order chi connectivity index (χ1) is 8.49. The molecule has 0 aromatic rings. The van der Waals surface area contributed by atoms with E-state index in [1.54, 1.807) is 0 Å². The standard InChI is InChI=1S/C14H26N2OS/c1-14(2)7-8-16(9-10-18-14)13(17)11-5-3-4-6-12(11)15/h11-12H,3-10,15H2,1-2H3. The predicted molar refractivity (Wildman–Crippen MR) is 77.7 cm³/mol. The molecule has 18 heavy (non-hydrogen) atoms. The highest BCUT2D eigenvalue weighted by Crippen LogP contribution is 2.32. The number of thioether (sulfide) groups is 1. The molecule has 1 amide bonds. The summed E-state index contributed by atoms with van der Waals surface area (Å²) in [5.74, 6) is 1.46. The van der Waals surface area contributed by atoms with E-state index in [4.69, 9.17) is 5.73 Å². The molecule has 1 aliphatic heterocycles. The van der Waals surface area contributed by atoms with Gasteiger partial charge in [0.05, 0.1) is 5.92 Å². The molecule has 0 aromatic carbocycles. The van der Waals surface area contributed by atoms with E-state index in [0.717, 1.165) is 44.5 Å². The van der Waals surface area contributed by atoms with Crippen LogP contribution in [0.1, 0.15) is 46.0 Å². The monoisotopic (exact) mass is 270 g/mol. The minimum atomic E-state index is 0.0879. The summed E-state index contributed by atoms with van der Waals surface area (Å²) in [6, 6.07) is 0.0927. The first-order valence-electron chi connectivity index (χ1n) is 7.18. The molecule has 1 saturated carbocycles. The maximum absolute atomic E-state index is 12.6. The number of nitrogens with zero attached hydrogens (tertiary/aromatic N) is 1. The number of nitrogens with two attached hydrogens (primary N) is 1. The third-order valence-corrected chi connectivity index (χ3v) is 5.66. The molecule has 0 spiro atoms. The maximum atomic E-state index is 12.6. The van der Waals surface area contributed by atoms with E-state index in [1.807, 2.05) is 11.8 Å². The van der Waals surface area contributed by atoms with E-state index < -0.39 is 0 Å². The van der Waals surface area contributed by atoms with Crippen molar-refractivity contribution in [2.24, 2.45) is 11.7 Å².